The molecule has 2 rings (SSSR count). The van der Waals surface area contributed by atoms with Gasteiger partial charge in [-0.25, -0.2) is 4.39 Å². The van der Waals surface area contributed by atoms with E-state index >= 15 is 0 Å². The van der Waals surface area contributed by atoms with E-state index in [-0.39, 0.29) is 23.0 Å². The molecule has 0 aromatic heterocycles. The number of nitrogens with one attached hydrogen (secondary N) is 1. The Balaban J connectivity index is 2.15. The zero-order chi connectivity index (χ0) is 13.3. The molecular weight excluding hydrogens is 255 g/mol. The minimum atomic E-state index is -0.469. The van der Waals surface area contributed by atoms with E-state index in [9.17, 15) is 9.18 Å². The predicted octanol–water partition coefficient (Wildman–Crippen LogP) is 2.58. The highest BCUT2D eigenvalue weighted by Crippen LogP contribution is 2.26. The van der Waals surface area contributed by atoms with Crippen molar-refractivity contribution in [2.45, 2.75) is 32.4 Å². The summed E-state index contributed by atoms with van der Waals surface area (Å²) < 4.78 is 13.1. The zero-order valence-corrected chi connectivity index (χ0v) is 11.2. The highest BCUT2D eigenvalue weighted by molar-refractivity contribution is 6.31. The van der Waals surface area contributed by atoms with Gasteiger partial charge in [-0.1, -0.05) is 25.4 Å². The largest absolute Gasteiger partial charge is 0.311 e. The van der Waals surface area contributed by atoms with E-state index in [1.165, 1.54) is 12.1 Å². The van der Waals surface area contributed by atoms with Crippen LogP contribution in [0.2, 0.25) is 5.02 Å². The standard InChI is InChI=1S/C13H16ClFN2O/c1-8(2)16-12-5-6-17(13(12)18)9-3-4-11(15)10(14)7-9/h3-4,7-8,12,16H,5-6H2,1-2H3. The van der Waals surface area contributed by atoms with Gasteiger partial charge in [-0.15, -0.1) is 0 Å². The lowest BCUT2D eigenvalue weighted by Crippen LogP contribution is -2.41. The van der Waals surface area contributed by atoms with Crippen molar-refractivity contribution < 1.29 is 9.18 Å². The molecule has 98 valence electrons. The molecule has 1 amide bonds. The molecule has 0 spiro atoms. The fraction of sp³-hybridized carbons (Fsp3) is 0.462. The Morgan fingerprint density at radius 2 is 2.22 bits per heavy atom. The molecular formula is C13H16ClFN2O. The number of hydrogen-bond acceptors (Lipinski definition) is 2. The van der Waals surface area contributed by atoms with Gasteiger partial charge in [0.05, 0.1) is 11.1 Å². The minimum absolute atomic E-state index is 0.0198. The Labute approximate surface area is 111 Å². The maximum absolute atomic E-state index is 13.1. The lowest BCUT2D eigenvalue weighted by molar-refractivity contribution is -0.118. The smallest absolute Gasteiger partial charge is 0.244 e. The third-order valence-electron chi connectivity index (χ3n) is 2.95. The molecule has 0 bridgehead atoms. The van der Waals surface area contributed by atoms with Crippen LogP contribution in [0.5, 0.6) is 0 Å². The van der Waals surface area contributed by atoms with E-state index in [1.54, 1.807) is 11.0 Å². The molecule has 1 atom stereocenters. The first-order valence-electron chi connectivity index (χ1n) is 6.01. The number of carbonyl (C=O) groups excluding carboxylic acids is 1. The first kappa shape index (κ1) is 13.3. The van der Waals surface area contributed by atoms with Crippen LogP contribution in [-0.4, -0.2) is 24.5 Å². The van der Waals surface area contributed by atoms with E-state index in [0.717, 1.165) is 6.42 Å². The van der Waals surface area contributed by atoms with Crippen LogP contribution >= 0.6 is 11.6 Å². The Morgan fingerprint density at radius 1 is 1.50 bits per heavy atom. The van der Waals surface area contributed by atoms with E-state index in [2.05, 4.69) is 5.32 Å². The highest BCUT2D eigenvalue weighted by Gasteiger charge is 2.32. The van der Waals surface area contributed by atoms with Crippen LogP contribution in [0.25, 0.3) is 0 Å². The lowest BCUT2D eigenvalue weighted by atomic mass is 10.2. The Morgan fingerprint density at radius 3 is 2.83 bits per heavy atom. The van der Waals surface area contributed by atoms with Gasteiger partial charge in [0.15, 0.2) is 0 Å². The van der Waals surface area contributed by atoms with Crippen molar-refractivity contribution >= 4 is 23.2 Å². The third kappa shape index (κ3) is 2.65. The number of amides is 1. The second-order valence-electron chi connectivity index (χ2n) is 4.75. The maximum atomic E-state index is 13.1. The molecule has 0 aliphatic carbocycles. The van der Waals surface area contributed by atoms with Crippen molar-refractivity contribution in [3.05, 3.63) is 29.0 Å². The Bertz CT molecular complexity index is 464. The van der Waals surface area contributed by atoms with Gasteiger partial charge >= 0.3 is 0 Å². The molecule has 1 heterocycles. The summed E-state index contributed by atoms with van der Waals surface area (Å²) in [6, 6.07) is 4.46. The monoisotopic (exact) mass is 270 g/mol. The van der Waals surface area contributed by atoms with E-state index in [4.69, 9.17) is 11.6 Å². The van der Waals surface area contributed by atoms with Crippen LogP contribution in [0.3, 0.4) is 0 Å². The molecule has 1 fully saturated rings. The molecule has 3 nitrogen and oxygen atoms in total. The van der Waals surface area contributed by atoms with Gasteiger partial charge in [0, 0.05) is 18.3 Å². The molecule has 1 aromatic carbocycles. The van der Waals surface area contributed by atoms with Crippen molar-refractivity contribution in [2.24, 2.45) is 0 Å². The SMILES string of the molecule is CC(C)NC1CCN(c2ccc(F)c(Cl)c2)C1=O. The predicted molar refractivity (Wildman–Crippen MR) is 70.4 cm³/mol. The van der Waals surface area contributed by atoms with Crippen molar-refractivity contribution in [3.63, 3.8) is 0 Å². The fourth-order valence-electron chi connectivity index (χ4n) is 2.15. The quantitative estimate of drug-likeness (QED) is 0.916. The van der Waals surface area contributed by atoms with Crippen molar-refractivity contribution in [1.29, 1.82) is 0 Å². The summed E-state index contributed by atoms with van der Waals surface area (Å²) in [5, 5.41) is 3.26. The Hall–Kier alpha value is -1.13. The molecule has 1 N–H and O–H groups in total. The number of carbonyl (C=O) groups is 1. The van der Waals surface area contributed by atoms with Crippen LogP contribution in [-0.2, 0) is 4.79 Å². The molecule has 18 heavy (non-hydrogen) atoms. The highest BCUT2D eigenvalue weighted by atomic mass is 35.5. The van der Waals surface area contributed by atoms with Crippen molar-refractivity contribution in [2.75, 3.05) is 11.4 Å². The van der Waals surface area contributed by atoms with Crippen molar-refractivity contribution in [3.8, 4) is 0 Å². The molecule has 1 unspecified atom stereocenters. The third-order valence-corrected chi connectivity index (χ3v) is 3.24. The molecule has 1 aliphatic heterocycles. The average molecular weight is 271 g/mol. The number of anilines is 1. The summed E-state index contributed by atoms with van der Waals surface area (Å²) in [7, 11) is 0. The first-order valence-corrected chi connectivity index (χ1v) is 6.39. The topological polar surface area (TPSA) is 32.3 Å². The first-order chi connectivity index (χ1) is 8.49. The van der Waals surface area contributed by atoms with Gasteiger partial charge in [-0.05, 0) is 24.6 Å². The average Bonchev–Trinajstić information content (AvgIpc) is 2.64. The molecule has 0 saturated carbocycles. The normalized spacial score (nSPS) is 19.9. The molecule has 1 aliphatic rings. The van der Waals surface area contributed by atoms with Gasteiger partial charge in [-0.3, -0.25) is 4.79 Å². The van der Waals surface area contributed by atoms with Crippen LogP contribution in [0.15, 0.2) is 18.2 Å². The maximum Gasteiger partial charge on any atom is 0.244 e. The Kier molecular flexibility index (Phi) is 3.88. The number of nitrogens with zero attached hydrogens (tertiary/aromatic N) is 1. The van der Waals surface area contributed by atoms with Crippen LogP contribution in [0.4, 0.5) is 10.1 Å². The van der Waals surface area contributed by atoms with Gasteiger partial charge in [0.2, 0.25) is 5.91 Å². The molecule has 1 aromatic rings. The van der Waals surface area contributed by atoms with Crippen molar-refractivity contribution in [1.82, 2.24) is 5.32 Å². The number of hydrogen-bond donors (Lipinski definition) is 1. The summed E-state index contributed by atoms with van der Waals surface area (Å²) in [5.41, 5.74) is 0.652. The van der Waals surface area contributed by atoms with E-state index in [1.807, 2.05) is 13.8 Å². The minimum Gasteiger partial charge on any atom is -0.311 e. The van der Waals surface area contributed by atoms with Gasteiger partial charge in [-0.2, -0.15) is 0 Å². The van der Waals surface area contributed by atoms with E-state index in [0.29, 0.717) is 12.2 Å². The lowest BCUT2D eigenvalue weighted by Gasteiger charge is -2.18. The summed E-state index contributed by atoms with van der Waals surface area (Å²) in [6.45, 7) is 4.64. The summed E-state index contributed by atoms with van der Waals surface area (Å²) in [6.07, 6.45) is 0.756. The summed E-state index contributed by atoms with van der Waals surface area (Å²) >= 11 is 5.73. The van der Waals surface area contributed by atoms with Gasteiger partial charge in [0.1, 0.15) is 5.82 Å². The molecule has 5 heteroatoms. The van der Waals surface area contributed by atoms with Gasteiger partial charge < -0.3 is 10.2 Å². The molecule has 1 saturated heterocycles. The number of rotatable bonds is 3. The van der Waals surface area contributed by atoms with E-state index < -0.39 is 5.82 Å². The van der Waals surface area contributed by atoms with Crippen LogP contribution in [0.1, 0.15) is 20.3 Å². The second kappa shape index (κ2) is 5.24. The fourth-order valence-corrected chi connectivity index (χ4v) is 2.32. The van der Waals surface area contributed by atoms with Crippen LogP contribution in [0, 0.1) is 5.82 Å². The molecule has 0 radical (unpaired) electrons. The summed E-state index contributed by atoms with van der Waals surface area (Å²) in [5.74, 6) is -0.449. The zero-order valence-electron chi connectivity index (χ0n) is 10.4. The van der Waals surface area contributed by atoms with Crippen LogP contribution < -0.4 is 10.2 Å². The summed E-state index contributed by atoms with van der Waals surface area (Å²) in [4.78, 5) is 13.8. The number of halogens is 2. The number of benzene rings is 1. The van der Waals surface area contributed by atoms with Gasteiger partial charge in [0.25, 0.3) is 0 Å². The second-order valence-corrected chi connectivity index (χ2v) is 5.16.